The summed E-state index contributed by atoms with van der Waals surface area (Å²) < 4.78 is 5.17. The number of H-pyrrole nitrogens is 2. The van der Waals surface area contributed by atoms with Gasteiger partial charge in [0.1, 0.15) is 5.76 Å². The maximum absolute atomic E-state index is 12.5. The van der Waals surface area contributed by atoms with E-state index in [2.05, 4.69) is 25.8 Å². The van der Waals surface area contributed by atoms with E-state index in [1.54, 1.807) is 24.3 Å². The van der Waals surface area contributed by atoms with E-state index in [0.29, 0.717) is 17.0 Å². The summed E-state index contributed by atoms with van der Waals surface area (Å²) in [5.41, 5.74) is 1.84. The molecule has 0 aliphatic heterocycles. The molecule has 0 aliphatic rings. The molecule has 3 heterocycles. The Morgan fingerprint density at radius 2 is 2.08 bits per heavy atom. The molecule has 26 heavy (non-hydrogen) atoms. The van der Waals surface area contributed by atoms with Crippen molar-refractivity contribution in [2.75, 3.05) is 5.32 Å². The van der Waals surface area contributed by atoms with Crippen molar-refractivity contribution >= 4 is 28.4 Å². The van der Waals surface area contributed by atoms with Crippen LogP contribution in [0.2, 0.25) is 0 Å². The predicted octanol–water partition coefficient (Wildman–Crippen LogP) is 2.67. The van der Waals surface area contributed by atoms with Gasteiger partial charge in [-0.05, 0) is 36.4 Å². The van der Waals surface area contributed by atoms with Crippen LogP contribution >= 0.6 is 0 Å². The Labute approximate surface area is 147 Å². The van der Waals surface area contributed by atoms with Gasteiger partial charge in [-0.3, -0.25) is 14.7 Å². The molecule has 0 atom stereocenters. The summed E-state index contributed by atoms with van der Waals surface area (Å²) in [6.45, 7) is 0.232. The summed E-state index contributed by atoms with van der Waals surface area (Å²) in [5, 5.41) is 12.9. The van der Waals surface area contributed by atoms with Gasteiger partial charge < -0.3 is 20.0 Å². The topological polar surface area (TPSA) is 116 Å². The number of furan rings is 1. The van der Waals surface area contributed by atoms with Gasteiger partial charge in [0.2, 0.25) is 0 Å². The molecule has 8 heteroatoms. The molecule has 0 fully saturated rings. The first kappa shape index (κ1) is 15.7. The lowest BCUT2D eigenvalue weighted by molar-refractivity contribution is 0.0944. The second kappa shape index (κ2) is 6.60. The minimum absolute atomic E-state index is 0.104. The van der Waals surface area contributed by atoms with E-state index >= 15 is 0 Å². The Hall–Kier alpha value is -3.81. The summed E-state index contributed by atoms with van der Waals surface area (Å²) in [6, 6.07) is 10.7. The van der Waals surface area contributed by atoms with Gasteiger partial charge in [0.05, 0.1) is 18.5 Å². The molecule has 0 unspecified atom stereocenters. The van der Waals surface area contributed by atoms with Crippen LogP contribution in [0, 0.1) is 0 Å². The highest BCUT2D eigenvalue weighted by Crippen LogP contribution is 2.17. The van der Waals surface area contributed by atoms with E-state index in [0.717, 1.165) is 10.9 Å². The molecule has 130 valence electrons. The summed E-state index contributed by atoms with van der Waals surface area (Å²) in [4.78, 5) is 27.9. The Balaban J connectivity index is 1.47. The van der Waals surface area contributed by atoms with Crippen LogP contribution in [0.15, 0.2) is 59.5 Å². The highest BCUT2D eigenvalue weighted by atomic mass is 16.3. The average molecular weight is 349 g/mol. The lowest BCUT2D eigenvalue weighted by Gasteiger charge is -2.06. The lowest BCUT2D eigenvalue weighted by atomic mass is 10.1. The summed E-state index contributed by atoms with van der Waals surface area (Å²) in [7, 11) is 0. The van der Waals surface area contributed by atoms with Gasteiger partial charge in [0, 0.05) is 28.9 Å². The van der Waals surface area contributed by atoms with Crippen LogP contribution in [0.5, 0.6) is 0 Å². The number of carbonyl (C=O) groups is 2. The van der Waals surface area contributed by atoms with Crippen molar-refractivity contribution in [2.24, 2.45) is 0 Å². The third-order valence-electron chi connectivity index (χ3n) is 3.92. The van der Waals surface area contributed by atoms with Gasteiger partial charge in [0.25, 0.3) is 11.8 Å². The van der Waals surface area contributed by atoms with E-state index in [-0.39, 0.29) is 18.1 Å². The average Bonchev–Trinajstić information content (AvgIpc) is 3.39. The first-order chi connectivity index (χ1) is 12.7. The highest BCUT2D eigenvalue weighted by Gasteiger charge is 2.17. The molecule has 4 aromatic rings. The number of benzene rings is 1. The number of aromatic nitrogens is 3. The van der Waals surface area contributed by atoms with Crippen LogP contribution in [0.1, 0.15) is 26.6 Å². The number of amides is 2. The van der Waals surface area contributed by atoms with Gasteiger partial charge in [-0.25, -0.2) is 0 Å². The molecule has 1 aromatic carbocycles. The molecule has 3 aromatic heterocycles. The predicted molar refractivity (Wildman–Crippen MR) is 94.7 cm³/mol. The summed E-state index contributed by atoms with van der Waals surface area (Å²) in [5.74, 6) is -0.118. The molecule has 4 N–H and O–H groups in total. The molecule has 2 amide bonds. The lowest BCUT2D eigenvalue weighted by Crippen LogP contribution is -2.24. The number of anilines is 1. The maximum atomic E-state index is 12.5. The molecule has 0 saturated heterocycles. The number of fused-ring (bicyclic) bond motifs is 1. The first-order valence-electron chi connectivity index (χ1n) is 7.93. The number of carbonyl (C=O) groups excluding carboxylic acids is 2. The van der Waals surface area contributed by atoms with Crippen LogP contribution in [0.3, 0.4) is 0 Å². The molecule has 0 saturated carbocycles. The van der Waals surface area contributed by atoms with Gasteiger partial charge in [-0.2, -0.15) is 5.10 Å². The minimum atomic E-state index is -0.418. The molecular formula is C18H15N5O3. The highest BCUT2D eigenvalue weighted by molar-refractivity contribution is 6.09. The molecule has 0 radical (unpaired) electrons. The molecular weight excluding hydrogens is 334 g/mol. The van der Waals surface area contributed by atoms with E-state index in [4.69, 9.17) is 4.42 Å². The van der Waals surface area contributed by atoms with E-state index in [1.807, 2.05) is 18.3 Å². The van der Waals surface area contributed by atoms with Crippen molar-refractivity contribution in [3.63, 3.8) is 0 Å². The largest absolute Gasteiger partial charge is 0.467 e. The SMILES string of the molecule is O=C(Nc1c[nH]nc1C(=O)NCc1ccco1)c1ccc2[nH]ccc2c1. The van der Waals surface area contributed by atoms with Crippen LogP contribution in [-0.4, -0.2) is 27.0 Å². The van der Waals surface area contributed by atoms with Crippen molar-refractivity contribution in [2.45, 2.75) is 6.54 Å². The standard InChI is InChI=1S/C18H15N5O3/c24-17(12-3-4-14-11(8-12)5-6-19-14)22-15-10-21-23-16(15)18(25)20-9-13-2-1-7-26-13/h1-8,10,19H,9H2,(H,20,25)(H,21,23)(H,22,24). The number of rotatable bonds is 5. The van der Waals surface area contributed by atoms with Crippen molar-refractivity contribution in [1.29, 1.82) is 0 Å². The number of hydrogen-bond acceptors (Lipinski definition) is 4. The third-order valence-corrected chi connectivity index (χ3v) is 3.92. The molecule has 0 spiro atoms. The fourth-order valence-electron chi connectivity index (χ4n) is 2.61. The summed E-state index contributed by atoms with van der Waals surface area (Å²) >= 11 is 0. The Bertz CT molecular complexity index is 1060. The number of aromatic amines is 2. The fraction of sp³-hybridized carbons (Fsp3) is 0.0556. The van der Waals surface area contributed by atoms with Gasteiger partial charge in [0.15, 0.2) is 5.69 Å². The Morgan fingerprint density at radius 3 is 2.92 bits per heavy atom. The number of nitrogens with one attached hydrogen (secondary N) is 4. The number of nitrogens with zero attached hydrogens (tertiary/aromatic N) is 1. The first-order valence-corrected chi connectivity index (χ1v) is 7.93. The molecule has 0 aliphatic carbocycles. The molecule has 4 rings (SSSR count). The molecule has 8 nitrogen and oxygen atoms in total. The Kier molecular flexibility index (Phi) is 3.98. The van der Waals surface area contributed by atoms with E-state index in [1.165, 1.54) is 12.5 Å². The summed E-state index contributed by atoms with van der Waals surface area (Å²) in [6.07, 6.45) is 4.81. The zero-order valence-electron chi connectivity index (χ0n) is 13.6. The van der Waals surface area contributed by atoms with Crippen molar-refractivity contribution in [3.8, 4) is 0 Å². The van der Waals surface area contributed by atoms with Crippen LogP contribution in [0.4, 0.5) is 5.69 Å². The van der Waals surface area contributed by atoms with Crippen LogP contribution in [0.25, 0.3) is 10.9 Å². The van der Waals surface area contributed by atoms with Gasteiger partial charge >= 0.3 is 0 Å². The van der Waals surface area contributed by atoms with Crippen molar-refractivity contribution < 1.29 is 14.0 Å². The number of hydrogen-bond donors (Lipinski definition) is 4. The smallest absolute Gasteiger partial charge is 0.274 e. The van der Waals surface area contributed by atoms with E-state index in [9.17, 15) is 9.59 Å². The van der Waals surface area contributed by atoms with Crippen LogP contribution in [-0.2, 0) is 6.54 Å². The molecule has 0 bridgehead atoms. The van der Waals surface area contributed by atoms with Crippen molar-refractivity contribution in [3.05, 3.63) is 72.1 Å². The zero-order valence-corrected chi connectivity index (χ0v) is 13.6. The second-order valence-corrected chi connectivity index (χ2v) is 5.64. The third kappa shape index (κ3) is 3.07. The van der Waals surface area contributed by atoms with Crippen molar-refractivity contribution in [1.82, 2.24) is 20.5 Å². The second-order valence-electron chi connectivity index (χ2n) is 5.64. The van der Waals surface area contributed by atoms with Crippen LogP contribution < -0.4 is 10.6 Å². The fourth-order valence-corrected chi connectivity index (χ4v) is 2.61. The van der Waals surface area contributed by atoms with E-state index < -0.39 is 5.91 Å². The van der Waals surface area contributed by atoms with Gasteiger partial charge in [-0.1, -0.05) is 0 Å². The zero-order chi connectivity index (χ0) is 17.9. The Morgan fingerprint density at radius 1 is 1.15 bits per heavy atom. The normalized spacial score (nSPS) is 10.8. The minimum Gasteiger partial charge on any atom is -0.467 e. The van der Waals surface area contributed by atoms with Gasteiger partial charge in [-0.15, -0.1) is 0 Å². The maximum Gasteiger partial charge on any atom is 0.274 e. The quantitative estimate of drug-likeness (QED) is 0.443. The monoisotopic (exact) mass is 349 g/mol.